The normalized spacial score (nSPS) is 19.4. The first-order valence-corrected chi connectivity index (χ1v) is 7.62. The van der Waals surface area contributed by atoms with E-state index in [1.165, 1.54) is 18.4 Å². The summed E-state index contributed by atoms with van der Waals surface area (Å²) in [4.78, 5) is 1.56. The molecule has 1 fully saturated rings. The lowest BCUT2D eigenvalue weighted by Crippen LogP contribution is -2.32. The Kier molecular flexibility index (Phi) is 5.01. The van der Waals surface area contributed by atoms with Gasteiger partial charge in [-0.15, -0.1) is 11.3 Å². The van der Waals surface area contributed by atoms with Gasteiger partial charge >= 0.3 is 0 Å². The first-order chi connectivity index (χ1) is 8.36. The molecule has 2 nitrogen and oxygen atoms in total. The van der Waals surface area contributed by atoms with Crippen molar-refractivity contribution < 1.29 is 4.74 Å². The summed E-state index contributed by atoms with van der Waals surface area (Å²) in [6.07, 6.45) is 3.53. The minimum absolute atomic E-state index is 0.541. The number of hydrogen-bond donors (Lipinski definition) is 1. The van der Waals surface area contributed by atoms with Crippen LogP contribution in [0.2, 0.25) is 0 Å². The van der Waals surface area contributed by atoms with Crippen molar-refractivity contribution in [3.8, 4) is 0 Å². The van der Waals surface area contributed by atoms with E-state index >= 15 is 0 Å². The third kappa shape index (κ3) is 3.09. The van der Waals surface area contributed by atoms with Crippen molar-refractivity contribution >= 4 is 11.3 Å². The Bertz CT molecular complexity index is 331. The van der Waals surface area contributed by atoms with E-state index in [2.05, 4.69) is 30.6 Å². The molecule has 1 N–H and O–H groups in total. The highest BCUT2D eigenvalue weighted by molar-refractivity contribution is 7.10. The van der Waals surface area contributed by atoms with E-state index in [1.807, 2.05) is 11.3 Å². The van der Waals surface area contributed by atoms with Gasteiger partial charge < -0.3 is 10.1 Å². The summed E-state index contributed by atoms with van der Waals surface area (Å²) in [5, 5.41) is 5.92. The van der Waals surface area contributed by atoms with Crippen LogP contribution < -0.4 is 5.32 Å². The third-order valence-electron chi connectivity index (χ3n) is 3.61. The molecule has 0 radical (unpaired) electrons. The van der Waals surface area contributed by atoms with Gasteiger partial charge in [0, 0.05) is 24.1 Å². The second-order valence-electron chi connectivity index (χ2n) is 4.65. The Morgan fingerprint density at radius 3 is 2.82 bits per heavy atom. The quantitative estimate of drug-likeness (QED) is 0.868. The summed E-state index contributed by atoms with van der Waals surface area (Å²) in [6.45, 7) is 7.35. The van der Waals surface area contributed by atoms with Gasteiger partial charge in [0.25, 0.3) is 0 Å². The van der Waals surface area contributed by atoms with Crippen LogP contribution in [0.4, 0.5) is 0 Å². The number of rotatable bonds is 5. The summed E-state index contributed by atoms with van der Waals surface area (Å²) >= 11 is 1.91. The largest absolute Gasteiger partial charge is 0.381 e. The highest BCUT2D eigenvalue weighted by Gasteiger charge is 2.26. The highest BCUT2D eigenvalue weighted by atomic mass is 32.1. The maximum absolute atomic E-state index is 5.48. The lowest BCUT2D eigenvalue weighted by Gasteiger charge is -2.31. The van der Waals surface area contributed by atoms with Crippen molar-refractivity contribution in [1.29, 1.82) is 0 Å². The predicted molar refractivity (Wildman–Crippen MR) is 73.7 cm³/mol. The SMILES string of the molecule is CCNC(c1sccc1CC)C1CCOCC1. The topological polar surface area (TPSA) is 21.3 Å². The molecule has 1 unspecified atom stereocenters. The summed E-state index contributed by atoms with van der Waals surface area (Å²) in [7, 11) is 0. The van der Waals surface area contributed by atoms with E-state index in [9.17, 15) is 0 Å². The van der Waals surface area contributed by atoms with E-state index in [4.69, 9.17) is 4.74 Å². The highest BCUT2D eigenvalue weighted by Crippen LogP contribution is 2.35. The molecule has 0 spiro atoms. The van der Waals surface area contributed by atoms with Gasteiger partial charge in [0.1, 0.15) is 0 Å². The van der Waals surface area contributed by atoms with Gasteiger partial charge in [-0.2, -0.15) is 0 Å². The molecule has 2 heterocycles. The predicted octanol–water partition coefficient (Wildman–Crippen LogP) is 3.39. The third-order valence-corrected chi connectivity index (χ3v) is 4.65. The van der Waals surface area contributed by atoms with Gasteiger partial charge in [-0.1, -0.05) is 13.8 Å². The molecule has 1 aliphatic rings. The molecule has 17 heavy (non-hydrogen) atoms. The van der Waals surface area contributed by atoms with Gasteiger partial charge in [-0.3, -0.25) is 0 Å². The zero-order valence-corrected chi connectivity index (χ0v) is 11.7. The standard InChI is InChI=1S/C14H23NOS/c1-3-11-7-10-17-14(11)13(15-4-2)12-5-8-16-9-6-12/h7,10,12-13,15H,3-6,8-9H2,1-2H3. The summed E-state index contributed by atoms with van der Waals surface area (Å²) in [6, 6.07) is 2.82. The maximum atomic E-state index is 5.48. The van der Waals surface area contributed by atoms with E-state index in [-0.39, 0.29) is 0 Å². The van der Waals surface area contributed by atoms with Gasteiger partial charge in [-0.05, 0) is 48.7 Å². The Balaban J connectivity index is 2.15. The summed E-state index contributed by atoms with van der Waals surface area (Å²) < 4.78 is 5.48. The molecule has 96 valence electrons. The number of aryl methyl sites for hydroxylation is 1. The molecule has 3 heteroatoms. The Morgan fingerprint density at radius 2 is 2.18 bits per heavy atom. The van der Waals surface area contributed by atoms with Crippen LogP contribution in [0.15, 0.2) is 11.4 Å². The molecular weight excluding hydrogens is 230 g/mol. The number of ether oxygens (including phenoxy) is 1. The van der Waals surface area contributed by atoms with E-state index < -0.39 is 0 Å². The van der Waals surface area contributed by atoms with Crippen LogP contribution >= 0.6 is 11.3 Å². The minimum atomic E-state index is 0.541. The fourth-order valence-electron chi connectivity index (χ4n) is 2.65. The molecule has 1 aromatic rings. The first kappa shape index (κ1) is 13.1. The van der Waals surface area contributed by atoms with Gasteiger partial charge in [-0.25, -0.2) is 0 Å². The lowest BCUT2D eigenvalue weighted by atomic mass is 9.89. The Morgan fingerprint density at radius 1 is 1.41 bits per heavy atom. The molecule has 1 atom stereocenters. The lowest BCUT2D eigenvalue weighted by molar-refractivity contribution is 0.0541. The van der Waals surface area contributed by atoms with Crippen LogP contribution in [-0.2, 0) is 11.2 Å². The fraction of sp³-hybridized carbons (Fsp3) is 0.714. The van der Waals surface area contributed by atoms with Crippen LogP contribution in [0, 0.1) is 5.92 Å². The molecular formula is C14H23NOS. The monoisotopic (exact) mass is 253 g/mol. The van der Waals surface area contributed by atoms with E-state index in [0.717, 1.165) is 32.1 Å². The molecule has 0 saturated carbocycles. The van der Waals surface area contributed by atoms with Crippen LogP contribution in [-0.4, -0.2) is 19.8 Å². The maximum Gasteiger partial charge on any atom is 0.0469 e. The molecule has 1 aromatic heterocycles. The average molecular weight is 253 g/mol. The fourth-order valence-corrected chi connectivity index (χ4v) is 3.82. The molecule has 0 aromatic carbocycles. The van der Waals surface area contributed by atoms with Crippen molar-refractivity contribution in [2.75, 3.05) is 19.8 Å². The van der Waals surface area contributed by atoms with E-state index in [1.54, 1.807) is 4.88 Å². The molecule has 1 saturated heterocycles. The first-order valence-electron chi connectivity index (χ1n) is 6.74. The zero-order chi connectivity index (χ0) is 12.1. The van der Waals surface area contributed by atoms with Crippen LogP contribution in [0.25, 0.3) is 0 Å². The molecule has 0 bridgehead atoms. The Labute approximate surface area is 108 Å². The van der Waals surface area contributed by atoms with Crippen molar-refractivity contribution in [2.24, 2.45) is 5.92 Å². The number of thiophene rings is 1. The van der Waals surface area contributed by atoms with Crippen LogP contribution in [0.3, 0.4) is 0 Å². The van der Waals surface area contributed by atoms with Crippen molar-refractivity contribution in [1.82, 2.24) is 5.32 Å². The van der Waals surface area contributed by atoms with Crippen LogP contribution in [0.5, 0.6) is 0 Å². The van der Waals surface area contributed by atoms with Gasteiger partial charge in [0.05, 0.1) is 0 Å². The minimum Gasteiger partial charge on any atom is -0.381 e. The number of nitrogens with one attached hydrogen (secondary N) is 1. The Hall–Kier alpha value is -0.380. The smallest absolute Gasteiger partial charge is 0.0469 e. The molecule has 0 aliphatic carbocycles. The van der Waals surface area contributed by atoms with Crippen LogP contribution in [0.1, 0.15) is 43.2 Å². The molecule has 2 rings (SSSR count). The molecule has 1 aliphatic heterocycles. The van der Waals surface area contributed by atoms with Gasteiger partial charge in [0.15, 0.2) is 0 Å². The second kappa shape index (κ2) is 6.53. The van der Waals surface area contributed by atoms with Crippen molar-refractivity contribution in [2.45, 2.75) is 39.2 Å². The number of hydrogen-bond acceptors (Lipinski definition) is 3. The van der Waals surface area contributed by atoms with Crippen molar-refractivity contribution in [3.63, 3.8) is 0 Å². The van der Waals surface area contributed by atoms with Crippen molar-refractivity contribution in [3.05, 3.63) is 21.9 Å². The average Bonchev–Trinajstić information content (AvgIpc) is 2.85. The zero-order valence-electron chi connectivity index (χ0n) is 10.9. The summed E-state index contributed by atoms with van der Waals surface area (Å²) in [5.41, 5.74) is 1.52. The van der Waals surface area contributed by atoms with Gasteiger partial charge in [0.2, 0.25) is 0 Å². The van der Waals surface area contributed by atoms with E-state index in [0.29, 0.717) is 6.04 Å². The molecule has 0 amide bonds. The summed E-state index contributed by atoms with van der Waals surface area (Å²) in [5.74, 6) is 0.743. The second-order valence-corrected chi connectivity index (χ2v) is 5.60.